The summed E-state index contributed by atoms with van der Waals surface area (Å²) in [5.74, 6) is 1.69. The number of fused-ring (bicyclic) bond motifs is 1. The van der Waals surface area contributed by atoms with E-state index in [1.165, 1.54) is 42.6 Å². The molecule has 1 unspecified atom stereocenters. The maximum Gasteiger partial charge on any atom is 0.161 e. The number of hydrogen-bond acceptors (Lipinski definition) is 5. The highest BCUT2D eigenvalue weighted by atomic mass is 32.1. The Kier molecular flexibility index (Phi) is 5.48. The molecular formula is C21H28N2O2S. The van der Waals surface area contributed by atoms with Gasteiger partial charge in [0, 0.05) is 32.2 Å². The van der Waals surface area contributed by atoms with E-state index in [1.54, 1.807) is 25.6 Å². The van der Waals surface area contributed by atoms with Gasteiger partial charge in [-0.05, 0) is 71.5 Å². The van der Waals surface area contributed by atoms with Crippen molar-refractivity contribution >= 4 is 11.3 Å². The maximum absolute atomic E-state index is 5.51. The lowest BCUT2D eigenvalue weighted by Crippen LogP contribution is -2.49. The van der Waals surface area contributed by atoms with Crippen molar-refractivity contribution in [1.29, 1.82) is 0 Å². The highest BCUT2D eigenvalue weighted by Crippen LogP contribution is 2.34. The van der Waals surface area contributed by atoms with Crippen molar-refractivity contribution in [2.45, 2.75) is 38.4 Å². The highest BCUT2D eigenvalue weighted by Gasteiger charge is 2.28. The number of benzene rings is 1. The van der Waals surface area contributed by atoms with Crippen molar-refractivity contribution in [2.75, 3.05) is 33.9 Å². The van der Waals surface area contributed by atoms with Gasteiger partial charge < -0.3 is 9.47 Å². The Balaban J connectivity index is 1.44. The molecule has 1 saturated heterocycles. The molecular weight excluding hydrogens is 344 g/mol. The van der Waals surface area contributed by atoms with Gasteiger partial charge in [-0.1, -0.05) is 0 Å². The molecule has 4 nitrogen and oxygen atoms in total. The number of rotatable bonds is 5. The Hall–Kier alpha value is -1.56. The predicted octanol–water partition coefficient (Wildman–Crippen LogP) is 3.79. The Labute approximate surface area is 160 Å². The third-order valence-electron chi connectivity index (χ3n) is 5.73. The summed E-state index contributed by atoms with van der Waals surface area (Å²) in [5.41, 5.74) is 4.25. The van der Waals surface area contributed by atoms with Crippen LogP contribution in [0.15, 0.2) is 29.0 Å². The average Bonchev–Trinajstić information content (AvgIpc) is 3.19. The zero-order valence-corrected chi connectivity index (χ0v) is 16.6. The van der Waals surface area contributed by atoms with E-state index in [4.69, 9.17) is 9.47 Å². The molecule has 3 heterocycles. The first kappa shape index (κ1) is 17.8. The van der Waals surface area contributed by atoms with Gasteiger partial charge in [0.15, 0.2) is 11.5 Å². The van der Waals surface area contributed by atoms with E-state index in [-0.39, 0.29) is 0 Å². The van der Waals surface area contributed by atoms with Gasteiger partial charge in [-0.25, -0.2) is 0 Å². The van der Waals surface area contributed by atoms with Crippen molar-refractivity contribution in [1.82, 2.24) is 9.80 Å². The summed E-state index contributed by atoms with van der Waals surface area (Å²) in [6.07, 6.45) is 3.70. The number of ether oxygens (including phenoxy) is 2. The third-order valence-corrected chi connectivity index (χ3v) is 6.46. The van der Waals surface area contributed by atoms with Gasteiger partial charge in [0.1, 0.15) is 0 Å². The largest absolute Gasteiger partial charge is 0.493 e. The first-order valence-corrected chi connectivity index (χ1v) is 10.4. The van der Waals surface area contributed by atoms with Crippen LogP contribution in [0.3, 0.4) is 0 Å². The predicted molar refractivity (Wildman–Crippen MR) is 106 cm³/mol. The molecule has 0 N–H and O–H groups in total. The second-order valence-corrected chi connectivity index (χ2v) is 8.14. The van der Waals surface area contributed by atoms with Gasteiger partial charge in [-0.2, -0.15) is 11.3 Å². The number of methoxy groups -OCH3 is 2. The number of nitrogens with zero attached hydrogens (tertiary/aromatic N) is 2. The van der Waals surface area contributed by atoms with E-state index < -0.39 is 0 Å². The molecule has 2 aliphatic heterocycles. The van der Waals surface area contributed by atoms with Crippen molar-refractivity contribution in [3.8, 4) is 11.5 Å². The zero-order chi connectivity index (χ0) is 17.9. The molecule has 0 bridgehead atoms. The summed E-state index contributed by atoms with van der Waals surface area (Å²) in [7, 11) is 3.43. The quantitative estimate of drug-likeness (QED) is 0.797. The molecule has 0 radical (unpaired) electrons. The SMILES string of the molecule is COc1cc2c(cc1OC)CN(C1CCCN(Cc3ccsc3)C1)CC2. The average molecular weight is 373 g/mol. The van der Waals surface area contributed by atoms with Crippen LogP contribution in [0.2, 0.25) is 0 Å². The summed E-state index contributed by atoms with van der Waals surface area (Å²) < 4.78 is 11.0. The van der Waals surface area contributed by atoms with Crippen LogP contribution in [0.4, 0.5) is 0 Å². The number of piperidine rings is 1. The van der Waals surface area contributed by atoms with Crippen LogP contribution in [0, 0.1) is 0 Å². The van der Waals surface area contributed by atoms with Gasteiger partial charge in [0.25, 0.3) is 0 Å². The van der Waals surface area contributed by atoms with Crippen LogP contribution in [0.1, 0.15) is 29.5 Å². The summed E-state index contributed by atoms with van der Waals surface area (Å²) >= 11 is 1.80. The fourth-order valence-corrected chi connectivity index (χ4v) is 4.99. The van der Waals surface area contributed by atoms with Crippen LogP contribution >= 0.6 is 11.3 Å². The van der Waals surface area contributed by atoms with Crippen LogP contribution in [0.25, 0.3) is 0 Å². The molecule has 0 saturated carbocycles. The molecule has 0 amide bonds. The van der Waals surface area contributed by atoms with E-state index in [9.17, 15) is 0 Å². The smallest absolute Gasteiger partial charge is 0.161 e. The molecule has 2 aromatic rings. The van der Waals surface area contributed by atoms with Crippen molar-refractivity contribution in [3.05, 3.63) is 45.6 Å². The topological polar surface area (TPSA) is 24.9 Å². The van der Waals surface area contributed by atoms with E-state index in [2.05, 4.69) is 38.8 Å². The van der Waals surface area contributed by atoms with E-state index in [0.29, 0.717) is 6.04 Å². The maximum atomic E-state index is 5.51. The minimum absolute atomic E-state index is 0.656. The van der Waals surface area contributed by atoms with Gasteiger partial charge in [-0.15, -0.1) is 0 Å². The van der Waals surface area contributed by atoms with Crippen LogP contribution in [-0.2, 0) is 19.5 Å². The molecule has 4 rings (SSSR count). The normalized spacial score (nSPS) is 21.4. The first-order valence-electron chi connectivity index (χ1n) is 9.48. The molecule has 1 aromatic heterocycles. The Morgan fingerprint density at radius 2 is 1.92 bits per heavy atom. The van der Waals surface area contributed by atoms with Crippen molar-refractivity contribution in [2.24, 2.45) is 0 Å². The molecule has 2 aliphatic rings. The van der Waals surface area contributed by atoms with Gasteiger partial charge in [-0.3, -0.25) is 9.80 Å². The second-order valence-electron chi connectivity index (χ2n) is 7.36. The molecule has 0 aliphatic carbocycles. The number of thiophene rings is 1. The summed E-state index contributed by atoms with van der Waals surface area (Å²) in [6, 6.07) is 7.25. The fourth-order valence-electron chi connectivity index (χ4n) is 4.33. The van der Waals surface area contributed by atoms with Gasteiger partial charge >= 0.3 is 0 Å². The van der Waals surface area contributed by atoms with Gasteiger partial charge in [0.05, 0.1) is 14.2 Å². The van der Waals surface area contributed by atoms with Crippen LogP contribution in [-0.4, -0.2) is 49.7 Å². The number of likely N-dealkylation sites (tertiary alicyclic amines) is 1. The van der Waals surface area contributed by atoms with Crippen LogP contribution < -0.4 is 9.47 Å². The Bertz CT molecular complexity index is 732. The fraction of sp³-hybridized carbons (Fsp3) is 0.524. The molecule has 140 valence electrons. The number of hydrogen-bond donors (Lipinski definition) is 0. The van der Waals surface area contributed by atoms with Crippen molar-refractivity contribution in [3.63, 3.8) is 0 Å². The summed E-state index contributed by atoms with van der Waals surface area (Å²) in [4.78, 5) is 5.30. The molecule has 1 fully saturated rings. The van der Waals surface area contributed by atoms with Crippen molar-refractivity contribution < 1.29 is 9.47 Å². The van der Waals surface area contributed by atoms with Crippen LogP contribution in [0.5, 0.6) is 11.5 Å². The zero-order valence-electron chi connectivity index (χ0n) is 15.7. The lowest BCUT2D eigenvalue weighted by Gasteiger charge is -2.41. The summed E-state index contributed by atoms with van der Waals surface area (Å²) in [5, 5.41) is 4.46. The van der Waals surface area contributed by atoms with E-state index in [1.807, 2.05) is 0 Å². The monoisotopic (exact) mass is 372 g/mol. The Morgan fingerprint density at radius 3 is 2.65 bits per heavy atom. The lowest BCUT2D eigenvalue weighted by atomic mass is 9.95. The summed E-state index contributed by atoms with van der Waals surface area (Å²) in [6.45, 7) is 5.65. The van der Waals surface area contributed by atoms with Gasteiger partial charge in [0.2, 0.25) is 0 Å². The molecule has 1 atom stereocenters. The Morgan fingerprint density at radius 1 is 1.12 bits per heavy atom. The first-order chi connectivity index (χ1) is 12.8. The molecule has 0 spiro atoms. The van der Waals surface area contributed by atoms with E-state index in [0.717, 1.165) is 37.6 Å². The highest BCUT2D eigenvalue weighted by molar-refractivity contribution is 7.07. The van der Waals surface area contributed by atoms with E-state index >= 15 is 0 Å². The molecule has 1 aromatic carbocycles. The minimum atomic E-state index is 0.656. The minimum Gasteiger partial charge on any atom is -0.493 e. The lowest BCUT2D eigenvalue weighted by molar-refractivity contribution is 0.0838. The standard InChI is InChI=1S/C21H28N2O2S/c1-24-20-10-17-5-8-23(13-18(17)11-21(20)25-2)19-4-3-7-22(14-19)12-16-6-9-26-15-16/h6,9-11,15,19H,3-5,7-8,12-14H2,1-2H3. The molecule has 26 heavy (non-hydrogen) atoms. The second kappa shape index (κ2) is 7.99. The third kappa shape index (κ3) is 3.75. The molecule has 5 heteroatoms.